The summed E-state index contributed by atoms with van der Waals surface area (Å²) >= 11 is 0. The van der Waals surface area contributed by atoms with E-state index in [1.165, 1.54) is 16.7 Å². The van der Waals surface area contributed by atoms with Gasteiger partial charge >= 0.3 is 0 Å². The Labute approximate surface area is 204 Å². The van der Waals surface area contributed by atoms with Crippen LogP contribution in [0.2, 0.25) is 0 Å². The SMILES string of the molecule is Cc1ccc(C(=O)N(CC(C)C)CC2CN(Cc3ccc(C)o3)CC2c2ccccc2C)cc1. The topological polar surface area (TPSA) is 36.7 Å². The maximum atomic E-state index is 13.6. The number of carbonyl (C=O) groups is 1. The summed E-state index contributed by atoms with van der Waals surface area (Å²) in [6.45, 7) is 14.9. The number of amides is 1. The molecule has 180 valence electrons. The van der Waals surface area contributed by atoms with Gasteiger partial charge in [0.25, 0.3) is 5.91 Å². The molecule has 1 aliphatic rings. The van der Waals surface area contributed by atoms with Crippen LogP contribution < -0.4 is 0 Å². The fourth-order valence-corrected chi connectivity index (χ4v) is 5.26. The Hall–Kier alpha value is -2.85. The molecule has 4 heteroatoms. The highest BCUT2D eigenvalue weighted by molar-refractivity contribution is 5.94. The Kier molecular flexibility index (Phi) is 7.57. The summed E-state index contributed by atoms with van der Waals surface area (Å²) in [5.74, 6) is 3.26. The quantitative estimate of drug-likeness (QED) is 0.402. The van der Waals surface area contributed by atoms with E-state index in [2.05, 4.69) is 67.8 Å². The van der Waals surface area contributed by atoms with E-state index in [9.17, 15) is 4.79 Å². The first-order valence-electron chi connectivity index (χ1n) is 12.5. The van der Waals surface area contributed by atoms with Crippen LogP contribution >= 0.6 is 0 Å². The van der Waals surface area contributed by atoms with Gasteiger partial charge in [-0.3, -0.25) is 9.69 Å². The van der Waals surface area contributed by atoms with Crippen LogP contribution in [-0.4, -0.2) is 41.9 Å². The molecule has 0 bridgehead atoms. The molecule has 1 saturated heterocycles. The lowest BCUT2D eigenvalue weighted by molar-refractivity contribution is 0.0703. The second kappa shape index (κ2) is 10.6. The number of carbonyl (C=O) groups excluding carboxylic acids is 1. The van der Waals surface area contributed by atoms with Gasteiger partial charge in [-0.15, -0.1) is 0 Å². The van der Waals surface area contributed by atoms with Gasteiger partial charge in [0.05, 0.1) is 6.54 Å². The lowest BCUT2D eigenvalue weighted by Gasteiger charge is -2.30. The molecule has 0 radical (unpaired) electrons. The number of furan rings is 1. The van der Waals surface area contributed by atoms with Crippen LogP contribution in [-0.2, 0) is 6.54 Å². The average Bonchev–Trinajstić information content (AvgIpc) is 3.39. The number of nitrogens with zero attached hydrogens (tertiary/aromatic N) is 2. The van der Waals surface area contributed by atoms with E-state index in [0.29, 0.717) is 17.8 Å². The Morgan fingerprint density at radius 3 is 2.38 bits per heavy atom. The fourth-order valence-electron chi connectivity index (χ4n) is 5.26. The molecule has 1 amide bonds. The van der Waals surface area contributed by atoms with Gasteiger partial charge in [0.15, 0.2) is 0 Å². The summed E-state index contributed by atoms with van der Waals surface area (Å²) in [5, 5.41) is 0. The fraction of sp³-hybridized carbons (Fsp3) is 0.433. The molecule has 2 unspecified atom stereocenters. The zero-order valence-electron chi connectivity index (χ0n) is 21.3. The standard InChI is InChI=1S/C30H38N2O2/c1-21(2)16-32(30(33)25-13-10-22(3)11-14-25)18-26-17-31(19-27-15-12-24(5)34-27)20-29(26)28-9-7-6-8-23(28)4/h6-15,21,26,29H,16-20H2,1-5H3. The minimum atomic E-state index is 0.136. The maximum Gasteiger partial charge on any atom is 0.253 e. The zero-order chi connectivity index (χ0) is 24.2. The molecular weight excluding hydrogens is 420 g/mol. The van der Waals surface area contributed by atoms with Crippen LogP contribution in [0, 0.1) is 32.6 Å². The van der Waals surface area contributed by atoms with Gasteiger partial charge in [-0.2, -0.15) is 0 Å². The Bertz CT molecular complexity index is 1100. The summed E-state index contributed by atoms with van der Waals surface area (Å²) in [4.78, 5) is 18.1. The summed E-state index contributed by atoms with van der Waals surface area (Å²) in [6.07, 6.45) is 0. The molecule has 1 fully saturated rings. The zero-order valence-corrected chi connectivity index (χ0v) is 21.3. The van der Waals surface area contributed by atoms with Gasteiger partial charge in [0.2, 0.25) is 0 Å². The van der Waals surface area contributed by atoms with Crippen molar-refractivity contribution < 1.29 is 9.21 Å². The van der Waals surface area contributed by atoms with Crippen LogP contribution in [0.1, 0.15) is 58.3 Å². The highest BCUT2D eigenvalue weighted by Gasteiger charge is 2.37. The molecule has 4 nitrogen and oxygen atoms in total. The average molecular weight is 459 g/mol. The first kappa shape index (κ1) is 24.3. The van der Waals surface area contributed by atoms with Crippen LogP contribution in [0.3, 0.4) is 0 Å². The first-order chi connectivity index (χ1) is 16.3. The monoisotopic (exact) mass is 458 g/mol. The van der Waals surface area contributed by atoms with Crippen LogP contribution in [0.4, 0.5) is 0 Å². The van der Waals surface area contributed by atoms with E-state index in [0.717, 1.165) is 49.8 Å². The third kappa shape index (κ3) is 5.79. The van der Waals surface area contributed by atoms with Crippen molar-refractivity contribution >= 4 is 5.91 Å². The number of hydrogen-bond acceptors (Lipinski definition) is 3. The van der Waals surface area contributed by atoms with Crippen molar-refractivity contribution in [3.8, 4) is 0 Å². The van der Waals surface area contributed by atoms with E-state index >= 15 is 0 Å². The second-order valence-electron chi connectivity index (χ2n) is 10.4. The molecule has 0 aliphatic carbocycles. The Morgan fingerprint density at radius 1 is 1.00 bits per heavy atom. The van der Waals surface area contributed by atoms with Crippen molar-refractivity contribution in [2.24, 2.45) is 11.8 Å². The predicted molar refractivity (Wildman–Crippen MR) is 138 cm³/mol. The smallest absolute Gasteiger partial charge is 0.253 e. The molecule has 0 N–H and O–H groups in total. The van der Waals surface area contributed by atoms with Crippen molar-refractivity contribution in [3.63, 3.8) is 0 Å². The Balaban J connectivity index is 1.59. The molecule has 4 rings (SSSR count). The van der Waals surface area contributed by atoms with Gasteiger partial charge in [0.1, 0.15) is 11.5 Å². The van der Waals surface area contributed by atoms with Crippen molar-refractivity contribution in [2.75, 3.05) is 26.2 Å². The molecule has 1 aliphatic heterocycles. The van der Waals surface area contributed by atoms with E-state index < -0.39 is 0 Å². The molecule has 3 aromatic rings. The van der Waals surface area contributed by atoms with Gasteiger partial charge in [-0.05, 0) is 68.0 Å². The lowest BCUT2D eigenvalue weighted by Crippen LogP contribution is -2.39. The van der Waals surface area contributed by atoms with Gasteiger partial charge < -0.3 is 9.32 Å². The number of hydrogen-bond donors (Lipinski definition) is 0. The molecule has 0 saturated carbocycles. The second-order valence-corrected chi connectivity index (χ2v) is 10.4. The normalized spacial score (nSPS) is 18.5. The highest BCUT2D eigenvalue weighted by atomic mass is 16.3. The van der Waals surface area contributed by atoms with E-state index in [4.69, 9.17) is 4.42 Å². The van der Waals surface area contributed by atoms with Gasteiger partial charge in [0, 0.05) is 37.7 Å². The summed E-state index contributed by atoms with van der Waals surface area (Å²) in [7, 11) is 0. The van der Waals surface area contributed by atoms with Crippen LogP contribution in [0.5, 0.6) is 0 Å². The van der Waals surface area contributed by atoms with Crippen molar-refractivity contribution in [2.45, 2.75) is 47.1 Å². The molecule has 2 heterocycles. The predicted octanol–water partition coefficient (Wildman–Crippen LogP) is 6.22. The number of benzene rings is 2. The number of rotatable bonds is 8. The highest BCUT2D eigenvalue weighted by Crippen LogP contribution is 2.36. The molecule has 0 spiro atoms. The molecule has 2 atom stereocenters. The summed E-state index contributed by atoms with van der Waals surface area (Å²) in [5.41, 5.74) is 4.68. The van der Waals surface area contributed by atoms with E-state index in [1.54, 1.807) is 0 Å². The minimum absolute atomic E-state index is 0.136. The number of likely N-dealkylation sites (tertiary alicyclic amines) is 1. The van der Waals surface area contributed by atoms with Crippen molar-refractivity contribution in [1.29, 1.82) is 0 Å². The maximum absolute atomic E-state index is 13.6. The number of aryl methyl sites for hydroxylation is 3. The summed E-state index contributed by atoms with van der Waals surface area (Å²) < 4.78 is 5.88. The third-order valence-corrected chi connectivity index (χ3v) is 6.91. The van der Waals surface area contributed by atoms with Crippen LogP contribution in [0.25, 0.3) is 0 Å². The third-order valence-electron chi connectivity index (χ3n) is 6.91. The van der Waals surface area contributed by atoms with Crippen molar-refractivity contribution in [3.05, 3.63) is 94.4 Å². The summed E-state index contributed by atoms with van der Waals surface area (Å²) in [6, 6.07) is 20.8. The van der Waals surface area contributed by atoms with Gasteiger partial charge in [-0.25, -0.2) is 0 Å². The minimum Gasteiger partial charge on any atom is -0.465 e. The molecule has 1 aromatic heterocycles. The van der Waals surface area contributed by atoms with E-state index in [-0.39, 0.29) is 5.91 Å². The molecular formula is C30H38N2O2. The largest absolute Gasteiger partial charge is 0.465 e. The first-order valence-corrected chi connectivity index (χ1v) is 12.5. The van der Waals surface area contributed by atoms with Gasteiger partial charge in [-0.1, -0.05) is 55.8 Å². The van der Waals surface area contributed by atoms with E-state index in [1.807, 2.05) is 37.3 Å². The molecule has 34 heavy (non-hydrogen) atoms. The lowest BCUT2D eigenvalue weighted by atomic mass is 9.86. The molecule has 2 aromatic carbocycles. The Morgan fingerprint density at radius 2 is 1.74 bits per heavy atom. The van der Waals surface area contributed by atoms with Crippen LogP contribution in [0.15, 0.2) is 65.1 Å². The van der Waals surface area contributed by atoms with Crippen molar-refractivity contribution in [1.82, 2.24) is 9.80 Å².